The summed E-state index contributed by atoms with van der Waals surface area (Å²) >= 11 is 0. The van der Waals surface area contributed by atoms with Crippen molar-refractivity contribution in [2.24, 2.45) is 5.11 Å². The van der Waals surface area contributed by atoms with Crippen LogP contribution in [0.1, 0.15) is 24.2 Å². The van der Waals surface area contributed by atoms with Crippen molar-refractivity contribution in [2.45, 2.75) is 18.7 Å². The number of hydrogen-bond donors (Lipinski definition) is 0. The molecule has 18 heavy (non-hydrogen) atoms. The van der Waals surface area contributed by atoms with E-state index in [2.05, 4.69) is 10.0 Å². The smallest absolute Gasteiger partial charge is 0.448 e. The number of benzene rings is 1. The van der Waals surface area contributed by atoms with Crippen molar-refractivity contribution in [1.82, 2.24) is 0 Å². The number of hydrogen-bond acceptors (Lipinski definition) is 1. The van der Waals surface area contributed by atoms with E-state index in [0.29, 0.717) is 0 Å². The summed E-state index contributed by atoms with van der Waals surface area (Å²) in [6, 6.07) is 7.83. The van der Waals surface area contributed by atoms with Gasteiger partial charge in [-0.25, -0.2) is 0 Å². The van der Waals surface area contributed by atoms with Crippen LogP contribution in [-0.4, -0.2) is 13.5 Å². The van der Waals surface area contributed by atoms with Gasteiger partial charge in [-0.2, -0.15) is 0 Å². The normalized spacial score (nSPS) is 12.2. The van der Waals surface area contributed by atoms with E-state index in [-0.39, 0.29) is 76.3 Å². The molecule has 0 aliphatic carbocycles. The van der Waals surface area contributed by atoms with Crippen LogP contribution in [0.2, 0.25) is 0 Å². The summed E-state index contributed by atoms with van der Waals surface area (Å²) in [5, 5.41) is 3.24. The Morgan fingerprint density at radius 1 is 1.22 bits per heavy atom. The topological polar surface area (TPSA) is 48.8 Å². The van der Waals surface area contributed by atoms with Gasteiger partial charge < -0.3 is 12.9 Å². The van der Waals surface area contributed by atoms with E-state index < -0.39 is 12.8 Å². The van der Waals surface area contributed by atoms with Crippen molar-refractivity contribution in [3.8, 4) is 0 Å². The Hall–Kier alpha value is 0.0213. The Kier molecular flexibility index (Phi) is 9.02. The van der Waals surface area contributed by atoms with E-state index in [1.165, 1.54) is 12.1 Å². The van der Waals surface area contributed by atoms with Crippen molar-refractivity contribution in [2.75, 3.05) is 6.54 Å². The van der Waals surface area contributed by atoms with Gasteiger partial charge in [0, 0.05) is 11.5 Å². The fraction of sp³-hybridized carbons (Fsp3) is 0.400. The number of halogens is 3. The van der Waals surface area contributed by atoms with Gasteiger partial charge in [-0.3, -0.25) is 0 Å². The van der Waals surface area contributed by atoms with E-state index in [9.17, 15) is 12.9 Å². The minimum absolute atomic E-state index is 0. The van der Waals surface area contributed by atoms with Crippen molar-refractivity contribution < 1.29 is 64.3 Å². The maximum atomic E-state index is 12.9. The molecule has 8 heteroatoms. The average Bonchev–Trinajstić information content (AvgIpc) is 2.28. The molecule has 1 aromatic rings. The van der Waals surface area contributed by atoms with Gasteiger partial charge in [-0.05, 0) is 17.8 Å². The number of nitrogens with zero attached hydrogens (tertiary/aromatic N) is 3. The molecule has 1 rings (SSSR count). The zero-order valence-electron chi connectivity index (χ0n) is 10.1. The third-order valence-corrected chi connectivity index (χ3v) is 2.52. The van der Waals surface area contributed by atoms with E-state index in [1.54, 1.807) is 18.2 Å². The van der Waals surface area contributed by atoms with Gasteiger partial charge in [0.25, 0.3) is 0 Å². The van der Waals surface area contributed by atoms with Crippen molar-refractivity contribution in [3.05, 3.63) is 46.3 Å². The van der Waals surface area contributed by atoms with Crippen molar-refractivity contribution in [3.63, 3.8) is 0 Å². The summed E-state index contributed by atoms with van der Waals surface area (Å²) in [5.41, 5.74) is 8.33. The summed E-state index contributed by atoms with van der Waals surface area (Å²) < 4.78 is 38.6. The quantitative estimate of drug-likeness (QED) is 0.248. The Bertz CT molecular complexity index is 393. The molecule has 1 aromatic carbocycles. The van der Waals surface area contributed by atoms with Gasteiger partial charge in [-0.15, -0.1) is 0 Å². The molecule has 0 aliphatic heterocycles. The molecule has 0 heterocycles. The molecule has 0 amide bonds. The molecule has 1 atom stereocenters. The van der Waals surface area contributed by atoms with Crippen LogP contribution in [0.25, 0.3) is 10.4 Å². The molecule has 3 nitrogen and oxygen atoms in total. The van der Waals surface area contributed by atoms with Crippen LogP contribution in [0.5, 0.6) is 0 Å². The molecule has 0 spiro atoms. The van der Waals surface area contributed by atoms with E-state index >= 15 is 0 Å². The van der Waals surface area contributed by atoms with Crippen LogP contribution in [0, 0.1) is 0 Å². The molecule has 0 radical (unpaired) electrons. The van der Waals surface area contributed by atoms with E-state index in [0.717, 1.165) is 0 Å². The van der Waals surface area contributed by atoms with Gasteiger partial charge in [0.15, 0.2) is 0 Å². The van der Waals surface area contributed by atoms with Gasteiger partial charge in [-0.1, -0.05) is 47.4 Å². The fourth-order valence-corrected chi connectivity index (χ4v) is 1.70. The van der Waals surface area contributed by atoms with Crippen LogP contribution in [0.15, 0.2) is 35.4 Å². The first-order valence-corrected chi connectivity index (χ1v) is 5.31. The predicted octanol–water partition coefficient (Wildman–Crippen LogP) is 1.25. The maximum absolute atomic E-state index is 12.9. The fourth-order valence-electron chi connectivity index (χ4n) is 1.70. The first-order chi connectivity index (χ1) is 8.05. The Balaban J connectivity index is 0.00000289. The maximum Gasteiger partial charge on any atom is 1.00 e. The zero-order chi connectivity index (χ0) is 12.7. The summed E-state index contributed by atoms with van der Waals surface area (Å²) in [6.45, 7) is -4.82. The first kappa shape index (κ1) is 18.0. The summed E-state index contributed by atoms with van der Waals surface area (Å²) in [7, 11) is 0. The SMILES string of the molecule is [K+].[N-]=[N+]=NCCC[C@H](c1ccccc1)[B-](F)(F)F. The largest absolute Gasteiger partial charge is 1.00 e. The molecule has 0 saturated carbocycles. The monoisotopic (exact) mass is 281 g/mol. The summed E-state index contributed by atoms with van der Waals surface area (Å²) in [5.74, 6) is -1.43. The second-order valence-corrected chi connectivity index (χ2v) is 3.74. The number of azide groups is 1. The minimum Gasteiger partial charge on any atom is -0.448 e. The Labute approximate surface area is 146 Å². The number of rotatable bonds is 6. The molecule has 0 bridgehead atoms. The molecular weight excluding hydrogens is 269 g/mol. The second-order valence-electron chi connectivity index (χ2n) is 3.74. The summed E-state index contributed by atoms with van der Waals surface area (Å²) in [4.78, 5) is 2.52. The third kappa shape index (κ3) is 6.26. The molecule has 0 aromatic heterocycles. The minimum atomic E-state index is -4.92. The van der Waals surface area contributed by atoms with Crippen LogP contribution < -0.4 is 51.4 Å². The molecule has 92 valence electrons. The van der Waals surface area contributed by atoms with E-state index in [1.807, 2.05) is 0 Å². The Morgan fingerprint density at radius 2 is 1.83 bits per heavy atom. The first-order valence-electron chi connectivity index (χ1n) is 5.31. The van der Waals surface area contributed by atoms with E-state index in [4.69, 9.17) is 5.53 Å². The molecule has 0 aliphatic rings. The van der Waals surface area contributed by atoms with Gasteiger partial charge >= 0.3 is 58.4 Å². The van der Waals surface area contributed by atoms with Crippen molar-refractivity contribution in [1.29, 1.82) is 0 Å². The molecule has 0 N–H and O–H groups in total. The standard InChI is InChI=1S/C10H12BF3N3.K/c12-11(13,14)10(7-4-8-16-17-15)9-5-2-1-3-6-9;/h1-3,5-6,10H,4,7-8H2;/q-1;+1/t10-;/m1./s1. The van der Waals surface area contributed by atoms with Crippen LogP contribution in [0.4, 0.5) is 12.9 Å². The molecule has 0 saturated heterocycles. The Morgan fingerprint density at radius 3 is 2.33 bits per heavy atom. The van der Waals surface area contributed by atoms with Crippen LogP contribution >= 0.6 is 0 Å². The zero-order valence-corrected chi connectivity index (χ0v) is 13.3. The summed E-state index contributed by atoms with van der Waals surface area (Å²) in [6.07, 6.45) is 0.206. The molecular formula is C10H12BF3KN3. The van der Waals surface area contributed by atoms with Crippen molar-refractivity contribution >= 4 is 6.98 Å². The second kappa shape index (κ2) is 9.01. The molecule has 0 unspecified atom stereocenters. The van der Waals surface area contributed by atoms with Gasteiger partial charge in [0.05, 0.1) is 0 Å². The van der Waals surface area contributed by atoms with Gasteiger partial charge in [0.1, 0.15) is 0 Å². The van der Waals surface area contributed by atoms with Gasteiger partial charge in [0.2, 0.25) is 0 Å². The third-order valence-electron chi connectivity index (χ3n) is 2.52. The predicted molar refractivity (Wildman–Crippen MR) is 61.5 cm³/mol. The van der Waals surface area contributed by atoms with Crippen LogP contribution in [-0.2, 0) is 0 Å². The molecule has 0 fully saturated rings. The average molecular weight is 281 g/mol. The van der Waals surface area contributed by atoms with Crippen LogP contribution in [0.3, 0.4) is 0 Å².